The van der Waals surface area contributed by atoms with Gasteiger partial charge in [-0.1, -0.05) is 13.8 Å². The van der Waals surface area contributed by atoms with Crippen molar-refractivity contribution in [2.45, 2.75) is 33.8 Å². The van der Waals surface area contributed by atoms with Crippen molar-refractivity contribution in [2.24, 2.45) is 0 Å². The maximum atomic E-state index is 11.4. The molecule has 0 radical (unpaired) electrons. The number of aliphatic hydroxyl groups excluding tert-OH is 1. The Morgan fingerprint density at radius 1 is 1.15 bits per heavy atom. The fourth-order valence-electron chi connectivity index (χ4n) is 1.30. The van der Waals surface area contributed by atoms with Crippen LogP contribution in [0.4, 0.5) is 0 Å². The van der Waals surface area contributed by atoms with Gasteiger partial charge in [0.05, 0.1) is 32.5 Å². The van der Waals surface area contributed by atoms with E-state index in [1.54, 1.807) is 7.11 Å². The highest BCUT2D eigenvalue weighted by Gasteiger charge is 2.11. The molecule has 0 amide bonds. The number of carbonyl (C=O) groups is 1. The summed E-state index contributed by atoms with van der Waals surface area (Å²) in [6.07, 6.45) is 0.176. The van der Waals surface area contributed by atoms with Crippen molar-refractivity contribution in [1.29, 1.82) is 0 Å². The topological polar surface area (TPSA) is 68.2 Å². The highest BCUT2D eigenvalue weighted by Crippen LogP contribution is 1.94. The molecular formula is C14H31NO5. The van der Waals surface area contributed by atoms with Gasteiger partial charge in [-0.2, -0.15) is 0 Å². The maximum Gasteiger partial charge on any atom is 0.320 e. The van der Waals surface area contributed by atoms with Crippen LogP contribution in [0.2, 0.25) is 0 Å². The Morgan fingerprint density at radius 2 is 1.75 bits per heavy atom. The van der Waals surface area contributed by atoms with E-state index in [0.717, 1.165) is 0 Å². The molecule has 0 atom stereocenters. The maximum absolute atomic E-state index is 11.4. The van der Waals surface area contributed by atoms with E-state index in [0.29, 0.717) is 26.3 Å². The molecule has 1 N–H and O–H groups in total. The summed E-state index contributed by atoms with van der Waals surface area (Å²) in [7, 11) is 1.62. The molecule has 0 saturated carbocycles. The first-order chi connectivity index (χ1) is 9.60. The zero-order chi connectivity index (χ0) is 15.8. The summed E-state index contributed by atoms with van der Waals surface area (Å²) in [6, 6.07) is 0. The van der Waals surface area contributed by atoms with E-state index in [4.69, 9.17) is 19.3 Å². The minimum absolute atomic E-state index is 0.0411. The van der Waals surface area contributed by atoms with Gasteiger partial charge in [0.25, 0.3) is 0 Å². The molecule has 0 aliphatic heterocycles. The highest BCUT2D eigenvalue weighted by molar-refractivity contribution is 5.71. The van der Waals surface area contributed by atoms with Crippen LogP contribution in [0.25, 0.3) is 0 Å². The second kappa shape index (κ2) is 16.4. The number of hydrogen-bond acceptors (Lipinski definition) is 6. The van der Waals surface area contributed by atoms with Gasteiger partial charge in [-0.05, 0) is 13.8 Å². The van der Waals surface area contributed by atoms with Crippen LogP contribution < -0.4 is 0 Å². The Hall–Kier alpha value is -0.690. The van der Waals surface area contributed by atoms with E-state index in [-0.39, 0.29) is 31.8 Å². The van der Waals surface area contributed by atoms with Crippen molar-refractivity contribution in [2.75, 3.05) is 53.2 Å². The first kappa shape index (κ1) is 21.6. The molecular weight excluding hydrogens is 262 g/mol. The van der Waals surface area contributed by atoms with Gasteiger partial charge < -0.3 is 19.3 Å². The van der Waals surface area contributed by atoms with Crippen molar-refractivity contribution in [3.05, 3.63) is 0 Å². The van der Waals surface area contributed by atoms with E-state index in [9.17, 15) is 4.79 Å². The molecule has 20 heavy (non-hydrogen) atoms. The van der Waals surface area contributed by atoms with Crippen molar-refractivity contribution in [3.63, 3.8) is 0 Å². The van der Waals surface area contributed by atoms with E-state index in [1.165, 1.54) is 0 Å². The summed E-state index contributed by atoms with van der Waals surface area (Å²) in [5, 5.41) is 8.56. The lowest BCUT2D eigenvalue weighted by molar-refractivity contribution is -0.146. The number of rotatable bonds is 11. The lowest BCUT2D eigenvalue weighted by Crippen LogP contribution is -2.36. The minimum Gasteiger partial charge on any atom is -0.462 e. The largest absolute Gasteiger partial charge is 0.462 e. The molecule has 0 rings (SSSR count). The van der Waals surface area contributed by atoms with Crippen LogP contribution in [-0.2, 0) is 19.0 Å². The first-order valence-corrected chi connectivity index (χ1v) is 7.19. The Kier molecular flexibility index (Phi) is 17.7. The predicted octanol–water partition coefficient (Wildman–Crippen LogP) is 0.922. The Balaban J connectivity index is 0. The molecule has 0 spiro atoms. The lowest BCUT2D eigenvalue weighted by Gasteiger charge is -2.21. The molecule has 0 heterocycles. The third-order valence-electron chi connectivity index (χ3n) is 2.18. The molecule has 122 valence electrons. The van der Waals surface area contributed by atoms with Crippen molar-refractivity contribution >= 4 is 5.97 Å². The molecule has 0 aromatic heterocycles. The number of aliphatic hydroxyl groups is 1. The monoisotopic (exact) mass is 293 g/mol. The van der Waals surface area contributed by atoms with Crippen LogP contribution in [0, 0.1) is 0 Å². The van der Waals surface area contributed by atoms with E-state index >= 15 is 0 Å². The number of ether oxygens (including phenoxy) is 3. The summed E-state index contributed by atoms with van der Waals surface area (Å²) in [6.45, 7) is 10.4. The highest BCUT2D eigenvalue weighted by atomic mass is 16.5. The van der Waals surface area contributed by atoms with Gasteiger partial charge in [0.15, 0.2) is 0 Å². The first-order valence-electron chi connectivity index (χ1n) is 7.19. The molecule has 0 aromatic rings. The van der Waals surface area contributed by atoms with Gasteiger partial charge in [0, 0.05) is 20.2 Å². The standard InChI is InChI=1S/C12H25NO5.C2H6/c1-11(2)17-8-5-13(4-7-16-3)10-12(15)18-9-6-14;1-2/h11,14H,4-10H2,1-3H3;1-2H3. The van der Waals surface area contributed by atoms with Crippen LogP contribution in [-0.4, -0.2) is 75.3 Å². The fraction of sp³-hybridized carbons (Fsp3) is 0.929. The van der Waals surface area contributed by atoms with Crippen molar-refractivity contribution < 1.29 is 24.1 Å². The van der Waals surface area contributed by atoms with Gasteiger partial charge in [0.2, 0.25) is 0 Å². The molecule has 6 nitrogen and oxygen atoms in total. The second-order valence-electron chi connectivity index (χ2n) is 4.13. The molecule has 0 bridgehead atoms. The molecule has 0 aliphatic rings. The summed E-state index contributed by atoms with van der Waals surface area (Å²) in [5.74, 6) is -0.343. The van der Waals surface area contributed by atoms with Crippen LogP contribution in [0.5, 0.6) is 0 Å². The SMILES string of the molecule is CC.COCCN(CCOC(C)C)CC(=O)OCCO. The summed E-state index contributed by atoms with van der Waals surface area (Å²) in [5.41, 5.74) is 0. The van der Waals surface area contributed by atoms with Crippen molar-refractivity contribution in [3.8, 4) is 0 Å². The van der Waals surface area contributed by atoms with Crippen LogP contribution in [0.3, 0.4) is 0 Å². The smallest absolute Gasteiger partial charge is 0.320 e. The number of carbonyl (C=O) groups excluding carboxylic acids is 1. The number of esters is 1. The van der Waals surface area contributed by atoms with Crippen LogP contribution in [0.1, 0.15) is 27.7 Å². The van der Waals surface area contributed by atoms with Gasteiger partial charge >= 0.3 is 5.97 Å². The normalized spacial score (nSPS) is 10.4. The Labute approximate surface area is 123 Å². The van der Waals surface area contributed by atoms with E-state index < -0.39 is 0 Å². The van der Waals surface area contributed by atoms with E-state index in [2.05, 4.69) is 0 Å². The third-order valence-corrected chi connectivity index (χ3v) is 2.18. The zero-order valence-electron chi connectivity index (χ0n) is 13.6. The number of nitrogens with zero attached hydrogens (tertiary/aromatic N) is 1. The molecule has 0 aliphatic carbocycles. The van der Waals surface area contributed by atoms with Gasteiger partial charge in [0.1, 0.15) is 6.61 Å². The van der Waals surface area contributed by atoms with Gasteiger partial charge in [-0.3, -0.25) is 9.69 Å². The summed E-state index contributed by atoms with van der Waals surface area (Å²) in [4.78, 5) is 13.3. The van der Waals surface area contributed by atoms with Crippen LogP contribution >= 0.6 is 0 Å². The predicted molar refractivity (Wildman–Crippen MR) is 78.8 cm³/mol. The van der Waals surface area contributed by atoms with Crippen molar-refractivity contribution in [1.82, 2.24) is 4.90 Å². The zero-order valence-corrected chi connectivity index (χ0v) is 13.6. The average Bonchev–Trinajstić information content (AvgIpc) is 2.44. The number of hydrogen-bond donors (Lipinski definition) is 1. The third kappa shape index (κ3) is 15.4. The molecule has 0 unspecified atom stereocenters. The number of methoxy groups -OCH3 is 1. The molecule has 0 aromatic carbocycles. The Bertz CT molecular complexity index is 212. The average molecular weight is 293 g/mol. The lowest BCUT2D eigenvalue weighted by atomic mass is 10.4. The van der Waals surface area contributed by atoms with Gasteiger partial charge in [-0.15, -0.1) is 0 Å². The van der Waals surface area contributed by atoms with Crippen LogP contribution in [0.15, 0.2) is 0 Å². The minimum atomic E-state index is -0.343. The summed E-state index contributed by atoms with van der Waals surface area (Å²) >= 11 is 0. The molecule has 0 saturated heterocycles. The second-order valence-corrected chi connectivity index (χ2v) is 4.13. The fourth-order valence-corrected chi connectivity index (χ4v) is 1.30. The molecule has 0 fully saturated rings. The molecule has 6 heteroatoms. The summed E-state index contributed by atoms with van der Waals surface area (Å²) < 4.78 is 15.2. The van der Waals surface area contributed by atoms with E-state index in [1.807, 2.05) is 32.6 Å². The van der Waals surface area contributed by atoms with Gasteiger partial charge in [-0.25, -0.2) is 0 Å². The Morgan fingerprint density at radius 3 is 2.25 bits per heavy atom. The quantitative estimate of drug-likeness (QED) is 0.571.